The summed E-state index contributed by atoms with van der Waals surface area (Å²) in [5.41, 5.74) is 4.38. The smallest absolute Gasteiger partial charge is 0.229 e. The molecule has 0 spiro atoms. The SMILES string of the molecule is CS(=O)(=O)Nc1cccc(-c2ccnc(N3C4CCCC[C@H]4N[C@@H]4CN(c5ccc(C#N)cc5)CCC43)c2)c1. The molecule has 1 aliphatic carbocycles. The molecule has 0 bridgehead atoms. The number of piperazine rings is 1. The second kappa shape index (κ2) is 10.5. The van der Waals surface area contributed by atoms with Gasteiger partial charge in [0.15, 0.2) is 0 Å². The maximum absolute atomic E-state index is 11.8. The second-order valence-corrected chi connectivity index (χ2v) is 12.7. The third-order valence-corrected chi connectivity index (χ3v) is 8.93. The van der Waals surface area contributed by atoms with E-state index in [9.17, 15) is 13.7 Å². The number of hydrogen-bond acceptors (Lipinski definition) is 7. The summed E-state index contributed by atoms with van der Waals surface area (Å²) < 4.78 is 26.1. The van der Waals surface area contributed by atoms with Crippen molar-refractivity contribution < 1.29 is 8.42 Å². The first-order valence-corrected chi connectivity index (χ1v) is 15.6. The topological polar surface area (TPSA) is 101 Å². The van der Waals surface area contributed by atoms with Crippen LogP contribution < -0.4 is 19.8 Å². The number of nitrogens with zero attached hydrogens (tertiary/aromatic N) is 4. The van der Waals surface area contributed by atoms with Gasteiger partial charge in [-0.25, -0.2) is 13.4 Å². The molecule has 2 aliphatic heterocycles. The zero-order chi connectivity index (χ0) is 27.0. The van der Waals surface area contributed by atoms with E-state index in [1.807, 2.05) is 42.6 Å². The van der Waals surface area contributed by atoms with E-state index in [0.29, 0.717) is 35.4 Å². The number of fused-ring (bicyclic) bond motifs is 2. The van der Waals surface area contributed by atoms with E-state index in [2.05, 4.69) is 44.1 Å². The Morgan fingerprint density at radius 3 is 2.54 bits per heavy atom. The van der Waals surface area contributed by atoms with Gasteiger partial charge in [0.2, 0.25) is 10.0 Å². The van der Waals surface area contributed by atoms with Gasteiger partial charge in [0, 0.05) is 54.8 Å². The Labute approximate surface area is 230 Å². The molecule has 6 rings (SSSR count). The number of aromatic nitrogens is 1. The zero-order valence-electron chi connectivity index (χ0n) is 22.1. The normalized spacial score (nSPS) is 24.8. The van der Waals surface area contributed by atoms with Gasteiger partial charge in [-0.15, -0.1) is 0 Å². The van der Waals surface area contributed by atoms with Crippen molar-refractivity contribution in [2.45, 2.75) is 56.3 Å². The van der Waals surface area contributed by atoms with Gasteiger partial charge in [-0.1, -0.05) is 25.0 Å². The molecule has 4 atom stereocenters. The average Bonchev–Trinajstić information content (AvgIpc) is 2.95. The largest absolute Gasteiger partial charge is 0.370 e. The lowest BCUT2D eigenvalue weighted by Gasteiger charge is -2.56. The molecule has 1 saturated carbocycles. The van der Waals surface area contributed by atoms with Gasteiger partial charge in [0.1, 0.15) is 5.82 Å². The minimum atomic E-state index is -3.35. The van der Waals surface area contributed by atoms with Gasteiger partial charge < -0.3 is 15.1 Å². The molecule has 2 aromatic carbocycles. The Balaban J connectivity index is 1.30. The monoisotopic (exact) mass is 542 g/mol. The predicted molar refractivity (Wildman–Crippen MR) is 155 cm³/mol. The van der Waals surface area contributed by atoms with Crippen LogP contribution in [0.4, 0.5) is 17.2 Å². The number of benzene rings is 2. The Kier molecular flexibility index (Phi) is 6.92. The molecule has 3 heterocycles. The fourth-order valence-electron chi connectivity index (χ4n) is 6.63. The quantitative estimate of drug-likeness (QED) is 0.494. The first-order chi connectivity index (χ1) is 18.9. The summed E-state index contributed by atoms with van der Waals surface area (Å²) in [5.74, 6) is 0.995. The van der Waals surface area contributed by atoms with Crippen LogP contribution in [0.3, 0.4) is 0 Å². The summed E-state index contributed by atoms with van der Waals surface area (Å²) in [6, 6.07) is 23.3. The number of rotatable bonds is 5. The molecule has 8 nitrogen and oxygen atoms in total. The molecule has 3 aliphatic rings. The van der Waals surface area contributed by atoms with Gasteiger partial charge in [-0.05, 0) is 78.9 Å². The number of piperidine rings is 1. The van der Waals surface area contributed by atoms with Crippen molar-refractivity contribution in [1.29, 1.82) is 5.26 Å². The molecule has 202 valence electrons. The van der Waals surface area contributed by atoms with E-state index >= 15 is 0 Å². The van der Waals surface area contributed by atoms with Crippen LogP contribution in [0.2, 0.25) is 0 Å². The van der Waals surface area contributed by atoms with E-state index in [0.717, 1.165) is 54.8 Å². The van der Waals surface area contributed by atoms with Gasteiger partial charge >= 0.3 is 0 Å². The standard InChI is InChI=1S/C30H34N6O2S/c1-39(37,38)34-24-6-4-5-22(17-24)23-13-15-32-30(18-23)36-28-8-3-2-7-26(28)33-27-20-35(16-14-29(27)36)25-11-9-21(19-31)10-12-25/h4-6,9-13,15,17-18,26-29,33-34H,2-3,7-8,14,16,20H2,1H3/t26-,27-,28?,29?/m1/s1. The van der Waals surface area contributed by atoms with Crippen molar-refractivity contribution in [2.75, 3.05) is 33.9 Å². The number of anilines is 3. The Bertz CT molecular complexity index is 1490. The summed E-state index contributed by atoms with van der Waals surface area (Å²) in [6.07, 6.45) is 8.85. The van der Waals surface area contributed by atoms with E-state index < -0.39 is 10.0 Å². The fourth-order valence-corrected chi connectivity index (χ4v) is 7.19. The summed E-state index contributed by atoms with van der Waals surface area (Å²) >= 11 is 0. The van der Waals surface area contributed by atoms with Crippen LogP contribution in [-0.4, -0.2) is 56.9 Å². The molecule has 3 aromatic rings. The van der Waals surface area contributed by atoms with Crippen LogP contribution in [0.25, 0.3) is 11.1 Å². The maximum Gasteiger partial charge on any atom is 0.229 e. The minimum absolute atomic E-state index is 0.307. The van der Waals surface area contributed by atoms with E-state index in [-0.39, 0.29) is 0 Å². The van der Waals surface area contributed by atoms with Gasteiger partial charge in [-0.2, -0.15) is 5.26 Å². The highest BCUT2D eigenvalue weighted by atomic mass is 32.2. The highest BCUT2D eigenvalue weighted by Crippen LogP contribution is 2.38. The van der Waals surface area contributed by atoms with E-state index in [1.165, 1.54) is 19.3 Å². The molecule has 9 heteroatoms. The average molecular weight is 543 g/mol. The predicted octanol–water partition coefficient (Wildman–Crippen LogP) is 4.36. The number of sulfonamides is 1. The third kappa shape index (κ3) is 5.45. The molecule has 2 saturated heterocycles. The second-order valence-electron chi connectivity index (χ2n) is 11.0. The van der Waals surface area contributed by atoms with Gasteiger partial charge in [-0.3, -0.25) is 4.72 Å². The number of pyridine rings is 1. The van der Waals surface area contributed by atoms with Gasteiger partial charge in [0.05, 0.1) is 17.9 Å². The third-order valence-electron chi connectivity index (χ3n) is 8.32. The van der Waals surface area contributed by atoms with Crippen molar-refractivity contribution in [1.82, 2.24) is 10.3 Å². The molecular weight excluding hydrogens is 508 g/mol. The lowest BCUT2D eigenvalue weighted by molar-refractivity contribution is 0.188. The fraction of sp³-hybridized carbons (Fsp3) is 0.400. The Morgan fingerprint density at radius 2 is 1.74 bits per heavy atom. The van der Waals surface area contributed by atoms with Crippen LogP contribution in [-0.2, 0) is 10.0 Å². The lowest BCUT2D eigenvalue weighted by Crippen LogP contribution is -2.72. The summed E-state index contributed by atoms with van der Waals surface area (Å²) in [7, 11) is -3.35. The Hall–Kier alpha value is -3.61. The lowest BCUT2D eigenvalue weighted by atomic mass is 9.81. The molecule has 0 radical (unpaired) electrons. The van der Waals surface area contributed by atoms with Crippen LogP contribution >= 0.6 is 0 Å². The van der Waals surface area contributed by atoms with Crippen LogP contribution in [0.5, 0.6) is 0 Å². The molecule has 39 heavy (non-hydrogen) atoms. The summed E-state index contributed by atoms with van der Waals surface area (Å²) in [6.45, 7) is 1.86. The summed E-state index contributed by atoms with van der Waals surface area (Å²) in [4.78, 5) is 9.92. The molecular formula is C30H34N6O2S. The maximum atomic E-state index is 11.8. The van der Waals surface area contributed by atoms with Crippen LogP contribution in [0.15, 0.2) is 66.9 Å². The van der Waals surface area contributed by atoms with Crippen molar-refractivity contribution in [2.24, 2.45) is 0 Å². The van der Waals surface area contributed by atoms with E-state index in [1.54, 1.807) is 6.07 Å². The number of hydrogen-bond donors (Lipinski definition) is 2. The molecule has 1 aromatic heterocycles. The van der Waals surface area contributed by atoms with Gasteiger partial charge in [0.25, 0.3) is 0 Å². The first kappa shape index (κ1) is 25.7. The molecule has 2 unspecified atom stereocenters. The Morgan fingerprint density at radius 1 is 0.974 bits per heavy atom. The first-order valence-electron chi connectivity index (χ1n) is 13.7. The molecule has 2 N–H and O–H groups in total. The van der Waals surface area contributed by atoms with Crippen molar-refractivity contribution in [3.05, 3.63) is 72.4 Å². The number of nitrogens with one attached hydrogen (secondary N) is 2. The van der Waals surface area contributed by atoms with Crippen LogP contribution in [0, 0.1) is 11.3 Å². The molecule has 0 amide bonds. The van der Waals surface area contributed by atoms with Crippen molar-refractivity contribution in [3.63, 3.8) is 0 Å². The van der Waals surface area contributed by atoms with Crippen molar-refractivity contribution in [3.8, 4) is 17.2 Å². The number of nitriles is 1. The van der Waals surface area contributed by atoms with Crippen LogP contribution in [0.1, 0.15) is 37.7 Å². The van der Waals surface area contributed by atoms with E-state index in [4.69, 9.17) is 4.98 Å². The highest BCUT2D eigenvalue weighted by Gasteiger charge is 2.46. The summed E-state index contributed by atoms with van der Waals surface area (Å²) in [5, 5.41) is 13.2. The minimum Gasteiger partial charge on any atom is -0.370 e. The zero-order valence-corrected chi connectivity index (χ0v) is 22.9. The molecule has 3 fully saturated rings. The highest BCUT2D eigenvalue weighted by molar-refractivity contribution is 7.92. The van der Waals surface area contributed by atoms with Crippen molar-refractivity contribution >= 4 is 27.2 Å².